The lowest BCUT2D eigenvalue weighted by Gasteiger charge is -2.21. The standard InChI is InChI=1S/C18H21N3O2/c1-23-17-7-3-2-6-15(17)12-20(10-11-22)13-16-14-21-9-5-4-8-18(21)19-16/h2-9,14,22H,10-13H2,1H3. The molecule has 0 amide bonds. The van der Waals surface area contributed by atoms with Crippen molar-refractivity contribution in [1.82, 2.24) is 14.3 Å². The zero-order valence-electron chi connectivity index (χ0n) is 13.2. The Morgan fingerprint density at radius 3 is 2.74 bits per heavy atom. The lowest BCUT2D eigenvalue weighted by molar-refractivity contribution is 0.181. The van der Waals surface area contributed by atoms with E-state index in [1.54, 1.807) is 7.11 Å². The van der Waals surface area contributed by atoms with Gasteiger partial charge in [-0.1, -0.05) is 24.3 Å². The first-order valence-electron chi connectivity index (χ1n) is 7.68. The second-order valence-corrected chi connectivity index (χ2v) is 5.44. The SMILES string of the molecule is COc1ccccc1CN(CCO)Cc1cn2ccccc2n1. The highest BCUT2D eigenvalue weighted by Crippen LogP contribution is 2.20. The number of nitrogens with zero attached hydrogens (tertiary/aromatic N) is 3. The summed E-state index contributed by atoms with van der Waals surface area (Å²) < 4.78 is 7.42. The fourth-order valence-corrected chi connectivity index (χ4v) is 2.72. The summed E-state index contributed by atoms with van der Waals surface area (Å²) in [5.74, 6) is 0.866. The van der Waals surface area contributed by atoms with Gasteiger partial charge in [-0.15, -0.1) is 0 Å². The summed E-state index contributed by atoms with van der Waals surface area (Å²) in [5, 5.41) is 9.36. The predicted molar refractivity (Wildman–Crippen MR) is 89.4 cm³/mol. The average molecular weight is 311 g/mol. The molecule has 0 saturated heterocycles. The number of aromatic nitrogens is 2. The van der Waals surface area contributed by atoms with Gasteiger partial charge >= 0.3 is 0 Å². The Hall–Kier alpha value is -2.37. The van der Waals surface area contributed by atoms with E-state index in [1.165, 1.54) is 0 Å². The lowest BCUT2D eigenvalue weighted by Crippen LogP contribution is -2.26. The Labute approximate surface area is 135 Å². The van der Waals surface area contributed by atoms with Gasteiger partial charge in [-0.05, 0) is 18.2 Å². The Kier molecular flexibility index (Phi) is 4.90. The summed E-state index contributed by atoms with van der Waals surface area (Å²) >= 11 is 0. The van der Waals surface area contributed by atoms with Crippen molar-refractivity contribution in [2.24, 2.45) is 0 Å². The van der Waals surface area contributed by atoms with Gasteiger partial charge in [0.25, 0.3) is 0 Å². The largest absolute Gasteiger partial charge is 0.496 e. The van der Waals surface area contributed by atoms with Crippen LogP contribution in [0.1, 0.15) is 11.3 Å². The van der Waals surface area contributed by atoms with Crippen molar-refractivity contribution in [3.05, 3.63) is 66.1 Å². The molecule has 0 aliphatic rings. The summed E-state index contributed by atoms with van der Waals surface area (Å²) in [4.78, 5) is 6.79. The van der Waals surface area contributed by atoms with Crippen molar-refractivity contribution >= 4 is 5.65 Å². The van der Waals surface area contributed by atoms with E-state index in [4.69, 9.17) is 4.74 Å². The fourth-order valence-electron chi connectivity index (χ4n) is 2.72. The molecule has 0 radical (unpaired) electrons. The molecule has 1 N–H and O–H groups in total. The number of aliphatic hydroxyl groups is 1. The van der Waals surface area contributed by atoms with Crippen LogP contribution < -0.4 is 4.74 Å². The maximum absolute atomic E-state index is 9.36. The van der Waals surface area contributed by atoms with Gasteiger partial charge in [0.2, 0.25) is 0 Å². The quantitative estimate of drug-likeness (QED) is 0.727. The zero-order valence-corrected chi connectivity index (χ0v) is 13.2. The van der Waals surface area contributed by atoms with Crippen LogP contribution in [0.3, 0.4) is 0 Å². The van der Waals surface area contributed by atoms with Gasteiger partial charge in [0.05, 0.1) is 19.4 Å². The van der Waals surface area contributed by atoms with Crippen LogP contribution >= 0.6 is 0 Å². The molecule has 120 valence electrons. The Bertz CT molecular complexity index is 737. The second-order valence-electron chi connectivity index (χ2n) is 5.44. The molecule has 0 aliphatic heterocycles. The molecule has 23 heavy (non-hydrogen) atoms. The van der Waals surface area contributed by atoms with Gasteiger partial charge < -0.3 is 14.2 Å². The molecule has 3 aromatic rings. The topological polar surface area (TPSA) is 50.0 Å². The van der Waals surface area contributed by atoms with Crippen molar-refractivity contribution in [2.45, 2.75) is 13.1 Å². The van der Waals surface area contributed by atoms with Gasteiger partial charge in [-0.25, -0.2) is 4.98 Å². The van der Waals surface area contributed by atoms with E-state index in [0.29, 0.717) is 19.6 Å². The Morgan fingerprint density at radius 2 is 1.96 bits per heavy atom. The minimum absolute atomic E-state index is 0.114. The summed E-state index contributed by atoms with van der Waals surface area (Å²) in [6, 6.07) is 13.9. The van der Waals surface area contributed by atoms with Crippen LogP contribution in [0, 0.1) is 0 Å². The molecule has 0 atom stereocenters. The molecule has 5 nitrogen and oxygen atoms in total. The summed E-state index contributed by atoms with van der Waals surface area (Å²) in [6.45, 7) is 2.09. The smallest absolute Gasteiger partial charge is 0.137 e. The van der Waals surface area contributed by atoms with E-state index in [0.717, 1.165) is 22.7 Å². The van der Waals surface area contributed by atoms with E-state index < -0.39 is 0 Å². The summed E-state index contributed by atoms with van der Waals surface area (Å²) in [5.41, 5.74) is 3.02. The average Bonchev–Trinajstić information content (AvgIpc) is 2.97. The third-order valence-electron chi connectivity index (χ3n) is 3.80. The zero-order chi connectivity index (χ0) is 16.1. The number of para-hydroxylation sites is 1. The maximum atomic E-state index is 9.36. The molecule has 3 rings (SSSR count). The minimum Gasteiger partial charge on any atom is -0.496 e. The first-order chi connectivity index (χ1) is 11.3. The van der Waals surface area contributed by atoms with Gasteiger partial charge in [0, 0.05) is 37.6 Å². The molecule has 2 aromatic heterocycles. The Morgan fingerprint density at radius 1 is 1.13 bits per heavy atom. The molecule has 0 saturated carbocycles. The minimum atomic E-state index is 0.114. The highest BCUT2D eigenvalue weighted by Gasteiger charge is 2.12. The highest BCUT2D eigenvalue weighted by molar-refractivity contribution is 5.39. The number of fused-ring (bicyclic) bond motifs is 1. The summed E-state index contributed by atoms with van der Waals surface area (Å²) in [6.07, 6.45) is 4.02. The number of methoxy groups -OCH3 is 1. The van der Waals surface area contributed by atoms with Crippen LogP contribution in [0.25, 0.3) is 5.65 Å². The molecular formula is C18H21N3O2. The molecule has 1 aromatic carbocycles. The molecular weight excluding hydrogens is 290 g/mol. The van der Waals surface area contributed by atoms with Gasteiger partial charge in [0.1, 0.15) is 11.4 Å². The van der Waals surface area contributed by atoms with Crippen LogP contribution in [0.15, 0.2) is 54.9 Å². The van der Waals surface area contributed by atoms with E-state index in [1.807, 2.05) is 59.3 Å². The van der Waals surface area contributed by atoms with Crippen LogP contribution in [0.5, 0.6) is 5.75 Å². The van der Waals surface area contributed by atoms with Gasteiger partial charge in [-0.2, -0.15) is 0 Å². The predicted octanol–water partition coefficient (Wildman–Crippen LogP) is 2.34. The molecule has 0 fully saturated rings. The number of rotatable bonds is 7. The molecule has 0 bridgehead atoms. The number of ether oxygens (including phenoxy) is 1. The normalized spacial score (nSPS) is 11.3. The monoisotopic (exact) mass is 311 g/mol. The van der Waals surface area contributed by atoms with E-state index >= 15 is 0 Å². The van der Waals surface area contributed by atoms with Crippen LogP contribution in [-0.2, 0) is 13.1 Å². The van der Waals surface area contributed by atoms with Crippen LogP contribution in [0.2, 0.25) is 0 Å². The van der Waals surface area contributed by atoms with Crippen molar-refractivity contribution in [1.29, 1.82) is 0 Å². The number of imidazole rings is 1. The molecule has 0 unspecified atom stereocenters. The summed E-state index contributed by atoms with van der Waals surface area (Å²) in [7, 11) is 1.68. The lowest BCUT2D eigenvalue weighted by atomic mass is 10.2. The van der Waals surface area contributed by atoms with E-state index in [-0.39, 0.29) is 6.61 Å². The van der Waals surface area contributed by atoms with Crippen LogP contribution in [0.4, 0.5) is 0 Å². The molecule has 0 aliphatic carbocycles. The highest BCUT2D eigenvalue weighted by atomic mass is 16.5. The molecule has 2 heterocycles. The van der Waals surface area contributed by atoms with E-state index in [2.05, 4.69) is 9.88 Å². The molecule has 0 spiro atoms. The van der Waals surface area contributed by atoms with Crippen molar-refractivity contribution in [3.8, 4) is 5.75 Å². The number of benzene rings is 1. The fraction of sp³-hybridized carbons (Fsp3) is 0.278. The number of aliphatic hydroxyl groups excluding tert-OH is 1. The number of pyridine rings is 1. The van der Waals surface area contributed by atoms with Gasteiger partial charge in [-0.3, -0.25) is 4.90 Å². The van der Waals surface area contributed by atoms with E-state index in [9.17, 15) is 5.11 Å². The first-order valence-corrected chi connectivity index (χ1v) is 7.68. The van der Waals surface area contributed by atoms with Gasteiger partial charge in [0.15, 0.2) is 0 Å². The van der Waals surface area contributed by atoms with Crippen molar-refractivity contribution in [3.63, 3.8) is 0 Å². The first kappa shape index (κ1) is 15.5. The van der Waals surface area contributed by atoms with Crippen LogP contribution in [-0.4, -0.2) is 39.7 Å². The van der Waals surface area contributed by atoms with Crippen molar-refractivity contribution in [2.75, 3.05) is 20.3 Å². The second kappa shape index (κ2) is 7.26. The maximum Gasteiger partial charge on any atom is 0.137 e. The third-order valence-corrected chi connectivity index (χ3v) is 3.80. The molecule has 5 heteroatoms. The van der Waals surface area contributed by atoms with Crippen molar-refractivity contribution < 1.29 is 9.84 Å². The third kappa shape index (κ3) is 3.70. The number of hydrogen-bond donors (Lipinski definition) is 1. The number of hydrogen-bond acceptors (Lipinski definition) is 4. The Balaban J connectivity index is 1.78.